The Balaban J connectivity index is 1.56. The first kappa shape index (κ1) is 22.2. The third-order valence-corrected chi connectivity index (χ3v) is 5.65. The Kier molecular flexibility index (Phi) is 7.74. The van der Waals surface area contributed by atoms with E-state index in [4.69, 9.17) is 4.98 Å². The number of nitrogens with one attached hydrogen (secondary N) is 2. The van der Waals surface area contributed by atoms with Gasteiger partial charge in [-0.05, 0) is 56.3 Å². The number of anilines is 1. The van der Waals surface area contributed by atoms with E-state index in [0.717, 1.165) is 55.8 Å². The lowest BCUT2D eigenvalue weighted by molar-refractivity contribution is -0.130. The van der Waals surface area contributed by atoms with Gasteiger partial charge >= 0.3 is 0 Å². The summed E-state index contributed by atoms with van der Waals surface area (Å²) in [6.45, 7) is 4.13. The summed E-state index contributed by atoms with van der Waals surface area (Å²) in [4.78, 5) is 23.6. The van der Waals surface area contributed by atoms with Crippen molar-refractivity contribution in [2.45, 2.75) is 51.5 Å². The largest absolute Gasteiger partial charge is 0.373 e. The van der Waals surface area contributed by atoms with E-state index in [9.17, 15) is 9.18 Å². The molecule has 2 N–H and O–H groups in total. The molecular weight excluding hydrogens is 381 g/mol. The quantitative estimate of drug-likeness (QED) is 0.694. The SMILES string of the molecule is CNc1cc([C@H]2CCCNC2)nc(CN(C)C(=O)CCCc2ccc(F)c(C)c2)n1. The second-order valence-corrected chi connectivity index (χ2v) is 8.07. The van der Waals surface area contributed by atoms with E-state index in [0.29, 0.717) is 30.3 Å². The number of nitrogens with zero attached hydrogens (tertiary/aromatic N) is 3. The van der Waals surface area contributed by atoms with E-state index in [1.165, 1.54) is 6.07 Å². The molecule has 2 heterocycles. The zero-order valence-corrected chi connectivity index (χ0v) is 18.2. The Morgan fingerprint density at radius 3 is 2.87 bits per heavy atom. The highest BCUT2D eigenvalue weighted by Gasteiger charge is 2.19. The molecule has 1 aromatic carbocycles. The van der Waals surface area contributed by atoms with Gasteiger partial charge in [0, 0.05) is 39.0 Å². The van der Waals surface area contributed by atoms with Crippen LogP contribution in [0.15, 0.2) is 24.3 Å². The van der Waals surface area contributed by atoms with Crippen LogP contribution in [0, 0.1) is 12.7 Å². The summed E-state index contributed by atoms with van der Waals surface area (Å²) >= 11 is 0. The molecule has 6 nitrogen and oxygen atoms in total. The van der Waals surface area contributed by atoms with Crippen LogP contribution in [0.2, 0.25) is 0 Å². The number of aromatic nitrogens is 2. The minimum Gasteiger partial charge on any atom is -0.373 e. The zero-order valence-electron chi connectivity index (χ0n) is 18.2. The molecule has 1 fully saturated rings. The van der Waals surface area contributed by atoms with Gasteiger partial charge in [-0.1, -0.05) is 12.1 Å². The summed E-state index contributed by atoms with van der Waals surface area (Å²) in [5, 5.41) is 6.53. The number of carbonyl (C=O) groups excluding carboxylic acids is 1. The Bertz CT molecular complexity index is 867. The number of carbonyl (C=O) groups is 1. The fourth-order valence-electron chi connectivity index (χ4n) is 3.83. The lowest BCUT2D eigenvalue weighted by Crippen LogP contribution is -2.30. The van der Waals surface area contributed by atoms with Crippen LogP contribution >= 0.6 is 0 Å². The number of hydrogen-bond donors (Lipinski definition) is 2. The highest BCUT2D eigenvalue weighted by Crippen LogP contribution is 2.23. The number of hydrogen-bond acceptors (Lipinski definition) is 5. The fraction of sp³-hybridized carbons (Fsp3) is 0.522. The van der Waals surface area contributed by atoms with Crippen molar-refractivity contribution in [3.63, 3.8) is 0 Å². The van der Waals surface area contributed by atoms with Crippen molar-refractivity contribution in [1.29, 1.82) is 0 Å². The molecule has 0 spiro atoms. The monoisotopic (exact) mass is 413 g/mol. The van der Waals surface area contributed by atoms with Crippen molar-refractivity contribution in [3.05, 3.63) is 52.7 Å². The Morgan fingerprint density at radius 2 is 2.17 bits per heavy atom. The van der Waals surface area contributed by atoms with Crippen molar-refractivity contribution in [3.8, 4) is 0 Å². The maximum atomic E-state index is 13.4. The highest BCUT2D eigenvalue weighted by molar-refractivity contribution is 5.75. The highest BCUT2D eigenvalue weighted by atomic mass is 19.1. The first-order valence-corrected chi connectivity index (χ1v) is 10.7. The van der Waals surface area contributed by atoms with E-state index in [2.05, 4.69) is 15.6 Å². The fourth-order valence-corrected chi connectivity index (χ4v) is 3.83. The molecule has 162 valence electrons. The summed E-state index contributed by atoms with van der Waals surface area (Å²) < 4.78 is 13.4. The Labute approximate surface area is 178 Å². The smallest absolute Gasteiger partial charge is 0.222 e. The molecule has 1 amide bonds. The van der Waals surface area contributed by atoms with Crippen LogP contribution in [0.1, 0.15) is 54.2 Å². The average Bonchev–Trinajstić information content (AvgIpc) is 2.76. The molecule has 1 atom stereocenters. The Morgan fingerprint density at radius 1 is 1.33 bits per heavy atom. The van der Waals surface area contributed by atoms with Crippen molar-refractivity contribution in [2.75, 3.05) is 32.5 Å². The van der Waals surface area contributed by atoms with Crippen LogP contribution in [-0.4, -0.2) is 48.0 Å². The standard InChI is InChI=1S/C23H32FN5O/c1-16-12-17(9-10-19(16)24)6-4-8-23(30)29(3)15-22-27-20(13-21(25-2)28-22)18-7-5-11-26-14-18/h9-10,12-13,18,26H,4-8,11,14-15H2,1-3H3,(H,25,27,28)/t18-/m0/s1. The number of amides is 1. The minimum absolute atomic E-state index is 0.0631. The summed E-state index contributed by atoms with van der Waals surface area (Å²) in [7, 11) is 3.64. The maximum Gasteiger partial charge on any atom is 0.222 e. The number of rotatable bonds is 8. The van der Waals surface area contributed by atoms with E-state index < -0.39 is 0 Å². The Hall–Kier alpha value is -2.54. The number of halogens is 1. The van der Waals surface area contributed by atoms with E-state index in [1.54, 1.807) is 24.9 Å². The predicted octanol–water partition coefficient (Wildman–Crippen LogP) is 3.41. The van der Waals surface area contributed by atoms with E-state index >= 15 is 0 Å². The molecule has 1 saturated heterocycles. The van der Waals surface area contributed by atoms with Crippen molar-refractivity contribution >= 4 is 11.7 Å². The topological polar surface area (TPSA) is 70.2 Å². The molecule has 1 aromatic heterocycles. The van der Waals surface area contributed by atoms with Gasteiger partial charge in [0.1, 0.15) is 17.5 Å². The second-order valence-electron chi connectivity index (χ2n) is 8.07. The lowest BCUT2D eigenvalue weighted by atomic mass is 9.96. The van der Waals surface area contributed by atoms with Gasteiger partial charge in [0.05, 0.1) is 12.2 Å². The van der Waals surface area contributed by atoms with Crippen LogP contribution in [0.25, 0.3) is 0 Å². The molecule has 30 heavy (non-hydrogen) atoms. The molecule has 2 aromatic rings. The zero-order chi connectivity index (χ0) is 21.5. The maximum absolute atomic E-state index is 13.4. The van der Waals surface area contributed by atoms with E-state index in [1.807, 2.05) is 19.2 Å². The number of aryl methyl sites for hydroxylation is 2. The van der Waals surface area contributed by atoms with Gasteiger partial charge in [-0.3, -0.25) is 4.79 Å². The summed E-state index contributed by atoms with van der Waals surface area (Å²) in [6.07, 6.45) is 4.18. The molecule has 0 unspecified atom stereocenters. The van der Waals surface area contributed by atoms with Crippen LogP contribution in [0.5, 0.6) is 0 Å². The van der Waals surface area contributed by atoms with Gasteiger partial charge in [0.25, 0.3) is 0 Å². The minimum atomic E-state index is -0.193. The third-order valence-electron chi connectivity index (χ3n) is 5.65. The molecule has 0 bridgehead atoms. The lowest BCUT2D eigenvalue weighted by Gasteiger charge is -2.23. The average molecular weight is 414 g/mol. The predicted molar refractivity (Wildman–Crippen MR) is 117 cm³/mol. The van der Waals surface area contributed by atoms with Crippen LogP contribution in [0.3, 0.4) is 0 Å². The molecule has 0 aliphatic carbocycles. The number of benzene rings is 1. The van der Waals surface area contributed by atoms with Crippen molar-refractivity contribution in [2.24, 2.45) is 0 Å². The van der Waals surface area contributed by atoms with Gasteiger partial charge in [-0.15, -0.1) is 0 Å². The normalized spacial score (nSPS) is 16.3. The molecule has 3 rings (SSSR count). The third kappa shape index (κ3) is 5.98. The van der Waals surface area contributed by atoms with Gasteiger partial charge in [0.2, 0.25) is 5.91 Å². The molecule has 7 heteroatoms. The molecular formula is C23H32FN5O. The first-order valence-electron chi connectivity index (χ1n) is 10.7. The molecule has 0 radical (unpaired) electrons. The van der Waals surface area contributed by atoms with Crippen LogP contribution in [0.4, 0.5) is 10.2 Å². The first-order chi connectivity index (χ1) is 14.5. The summed E-state index contributed by atoms with van der Waals surface area (Å²) in [5.74, 6) is 1.70. The van der Waals surface area contributed by atoms with Gasteiger partial charge in [-0.2, -0.15) is 0 Å². The molecule has 0 saturated carbocycles. The van der Waals surface area contributed by atoms with Gasteiger partial charge < -0.3 is 15.5 Å². The second kappa shape index (κ2) is 10.5. The van der Waals surface area contributed by atoms with Crippen LogP contribution < -0.4 is 10.6 Å². The van der Waals surface area contributed by atoms with Crippen molar-refractivity contribution < 1.29 is 9.18 Å². The van der Waals surface area contributed by atoms with Crippen molar-refractivity contribution in [1.82, 2.24) is 20.2 Å². The van der Waals surface area contributed by atoms with Crippen LogP contribution in [-0.2, 0) is 17.8 Å². The van der Waals surface area contributed by atoms with Gasteiger partial charge in [0.15, 0.2) is 0 Å². The summed E-state index contributed by atoms with van der Waals surface area (Å²) in [5.41, 5.74) is 2.73. The molecule has 1 aliphatic rings. The number of piperidine rings is 1. The summed E-state index contributed by atoms with van der Waals surface area (Å²) in [6, 6.07) is 7.13. The van der Waals surface area contributed by atoms with Gasteiger partial charge in [-0.25, -0.2) is 14.4 Å². The molecule has 1 aliphatic heterocycles. The van der Waals surface area contributed by atoms with E-state index in [-0.39, 0.29) is 11.7 Å².